The molecule has 0 saturated carbocycles. The van der Waals surface area contributed by atoms with Gasteiger partial charge in [-0.15, -0.1) is 0 Å². The molecule has 1 aliphatic heterocycles. The van der Waals surface area contributed by atoms with E-state index in [0.29, 0.717) is 24.8 Å². The Morgan fingerprint density at radius 1 is 1.21 bits per heavy atom. The SMILES string of the molecule is COc1ccc(/C=N/NC(=O)CN2CCCCC2c2cccnc2)cc1COc1ccccn1. The van der Waals surface area contributed by atoms with E-state index < -0.39 is 0 Å². The summed E-state index contributed by atoms with van der Waals surface area (Å²) in [5.41, 5.74) is 5.49. The maximum atomic E-state index is 12.6. The molecular formula is C26H29N5O3. The van der Waals surface area contributed by atoms with Gasteiger partial charge in [0.05, 0.1) is 19.9 Å². The number of hydrogen-bond acceptors (Lipinski definition) is 7. The first kappa shape index (κ1) is 23.4. The number of methoxy groups -OCH3 is 1. The smallest absolute Gasteiger partial charge is 0.254 e. The van der Waals surface area contributed by atoms with Gasteiger partial charge in [-0.2, -0.15) is 5.10 Å². The number of piperidine rings is 1. The first-order valence-electron chi connectivity index (χ1n) is 11.4. The van der Waals surface area contributed by atoms with Gasteiger partial charge in [-0.05, 0) is 60.8 Å². The number of benzene rings is 1. The van der Waals surface area contributed by atoms with Crippen LogP contribution in [0.5, 0.6) is 11.6 Å². The third-order valence-corrected chi connectivity index (χ3v) is 5.75. The van der Waals surface area contributed by atoms with Crippen LogP contribution in [0.25, 0.3) is 0 Å². The molecule has 2 aromatic heterocycles. The molecule has 1 atom stereocenters. The molecule has 1 aliphatic rings. The molecule has 0 bridgehead atoms. The molecular weight excluding hydrogens is 430 g/mol. The van der Waals surface area contributed by atoms with Crippen molar-refractivity contribution in [2.24, 2.45) is 5.10 Å². The number of hydrogen-bond donors (Lipinski definition) is 1. The van der Waals surface area contributed by atoms with E-state index >= 15 is 0 Å². The molecule has 1 saturated heterocycles. The maximum Gasteiger partial charge on any atom is 0.254 e. The summed E-state index contributed by atoms with van der Waals surface area (Å²) in [7, 11) is 1.62. The lowest BCUT2D eigenvalue weighted by Gasteiger charge is -2.35. The lowest BCUT2D eigenvalue weighted by Crippen LogP contribution is -2.40. The highest BCUT2D eigenvalue weighted by Crippen LogP contribution is 2.30. The Morgan fingerprint density at radius 2 is 2.15 bits per heavy atom. The zero-order valence-corrected chi connectivity index (χ0v) is 19.3. The summed E-state index contributed by atoms with van der Waals surface area (Å²) in [5, 5.41) is 4.16. The molecule has 1 N–H and O–H groups in total. The Labute approximate surface area is 199 Å². The van der Waals surface area contributed by atoms with Crippen molar-refractivity contribution in [2.45, 2.75) is 31.9 Å². The van der Waals surface area contributed by atoms with Crippen molar-refractivity contribution in [1.29, 1.82) is 0 Å². The summed E-state index contributed by atoms with van der Waals surface area (Å²) in [4.78, 5) is 23.2. The molecule has 8 heteroatoms. The Kier molecular flexibility index (Phi) is 8.18. The predicted octanol–water partition coefficient (Wildman–Crippen LogP) is 3.74. The fourth-order valence-electron chi connectivity index (χ4n) is 4.11. The Hall–Kier alpha value is -3.78. The largest absolute Gasteiger partial charge is 0.496 e. The second kappa shape index (κ2) is 11.9. The van der Waals surface area contributed by atoms with Gasteiger partial charge in [0.25, 0.3) is 5.91 Å². The number of rotatable bonds is 9. The van der Waals surface area contributed by atoms with Crippen LogP contribution in [0.3, 0.4) is 0 Å². The number of hydrazone groups is 1. The van der Waals surface area contributed by atoms with Gasteiger partial charge in [0.1, 0.15) is 12.4 Å². The first-order valence-corrected chi connectivity index (χ1v) is 11.4. The van der Waals surface area contributed by atoms with E-state index in [-0.39, 0.29) is 11.9 Å². The van der Waals surface area contributed by atoms with E-state index in [1.54, 1.807) is 31.8 Å². The second-order valence-corrected chi connectivity index (χ2v) is 8.09. The summed E-state index contributed by atoms with van der Waals surface area (Å²) in [6.07, 6.45) is 10.2. The zero-order chi connectivity index (χ0) is 23.6. The number of aromatic nitrogens is 2. The molecule has 1 fully saturated rings. The minimum Gasteiger partial charge on any atom is -0.496 e. The number of nitrogens with one attached hydrogen (secondary N) is 1. The van der Waals surface area contributed by atoms with Crippen molar-refractivity contribution < 1.29 is 14.3 Å². The minimum absolute atomic E-state index is 0.140. The molecule has 3 heterocycles. The van der Waals surface area contributed by atoms with Gasteiger partial charge >= 0.3 is 0 Å². The van der Waals surface area contributed by atoms with Crippen LogP contribution in [0.15, 0.2) is 72.2 Å². The van der Waals surface area contributed by atoms with Crippen molar-refractivity contribution >= 4 is 12.1 Å². The van der Waals surface area contributed by atoms with Crippen LogP contribution in [0.1, 0.15) is 42.0 Å². The van der Waals surface area contributed by atoms with Gasteiger partial charge in [0, 0.05) is 36.3 Å². The summed E-state index contributed by atoms with van der Waals surface area (Å²) < 4.78 is 11.2. The third-order valence-electron chi connectivity index (χ3n) is 5.75. The molecule has 1 amide bonds. The van der Waals surface area contributed by atoms with Gasteiger partial charge < -0.3 is 9.47 Å². The van der Waals surface area contributed by atoms with Crippen molar-refractivity contribution in [2.75, 3.05) is 20.2 Å². The quantitative estimate of drug-likeness (QED) is 0.387. The van der Waals surface area contributed by atoms with Crippen LogP contribution in [-0.2, 0) is 11.4 Å². The van der Waals surface area contributed by atoms with Crippen molar-refractivity contribution in [3.8, 4) is 11.6 Å². The molecule has 1 aromatic carbocycles. The molecule has 4 rings (SSSR count). The van der Waals surface area contributed by atoms with Gasteiger partial charge in [0.2, 0.25) is 5.88 Å². The summed E-state index contributed by atoms with van der Waals surface area (Å²) >= 11 is 0. The Bertz CT molecular complexity index is 1090. The normalized spacial score (nSPS) is 16.3. The highest BCUT2D eigenvalue weighted by atomic mass is 16.5. The maximum absolute atomic E-state index is 12.6. The molecule has 3 aromatic rings. The van der Waals surface area contributed by atoms with E-state index in [4.69, 9.17) is 9.47 Å². The highest BCUT2D eigenvalue weighted by Gasteiger charge is 2.25. The van der Waals surface area contributed by atoms with Crippen molar-refractivity contribution in [1.82, 2.24) is 20.3 Å². The monoisotopic (exact) mass is 459 g/mol. The van der Waals surface area contributed by atoms with E-state index in [9.17, 15) is 4.79 Å². The highest BCUT2D eigenvalue weighted by molar-refractivity contribution is 5.83. The number of pyridine rings is 2. The van der Waals surface area contributed by atoms with Crippen LogP contribution in [0.2, 0.25) is 0 Å². The van der Waals surface area contributed by atoms with Crippen molar-refractivity contribution in [3.05, 3.63) is 83.8 Å². The third kappa shape index (κ3) is 6.39. The van der Waals surface area contributed by atoms with Crippen molar-refractivity contribution in [3.63, 3.8) is 0 Å². The molecule has 1 unspecified atom stereocenters. The molecule has 0 aliphatic carbocycles. The molecule has 34 heavy (non-hydrogen) atoms. The number of carbonyl (C=O) groups is 1. The van der Waals surface area contributed by atoms with Gasteiger partial charge in [-0.25, -0.2) is 10.4 Å². The fraction of sp³-hybridized carbons (Fsp3) is 0.308. The van der Waals surface area contributed by atoms with Crippen LogP contribution in [0.4, 0.5) is 0 Å². The molecule has 8 nitrogen and oxygen atoms in total. The van der Waals surface area contributed by atoms with E-state index in [1.165, 1.54) is 0 Å². The number of nitrogens with zero attached hydrogens (tertiary/aromatic N) is 4. The van der Waals surface area contributed by atoms with Gasteiger partial charge in [-0.1, -0.05) is 18.6 Å². The second-order valence-electron chi connectivity index (χ2n) is 8.09. The van der Waals surface area contributed by atoms with Gasteiger partial charge in [0.15, 0.2) is 0 Å². The molecule has 0 spiro atoms. The average molecular weight is 460 g/mol. The van der Waals surface area contributed by atoms with Crippen LogP contribution < -0.4 is 14.9 Å². The van der Waals surface area contributed by atoms with E-state index in [1.807, 2.05) is 42.6 Å². The standard InChI is InChI=1S/C26H29N5O3/c1-33-24-11-10-20(15-22(24)19-34-26-9-2-4-13-28-26)16-29-30-25(32)18-31-14-5-3-8-23(31)21-7-6-12-27-17-21/h2,4,6-7,9-13,15-17,23H,3,5,8,14,18-19H2,1H3,(H,30,32)/b29-16+. The Morgan fingerprint density at radius 3 is 2.94 bits per heavy atom. The summed E-state index contributed by atoms with van der Waals surface area (Å²) in [6, 6.07) is 15.4. The fourth-order valence-corrected chi connectivity index (χ4v) is 4.11. The number of likely N-dealkylation sites (tertiary alicyclic amines) is 1. The number of carbonyl (C=O) groups excluding carboxylic acids is 1. The van der Waals surface area contributed by atoms with E-state index in [0.717, 1.165) is 42.5 Å². The van der Waals surface area contributed by atoms with Gasteiger partial charge in [-0.3, -0.25) is 14.7 Å². The topological polar surface area (TPSA) is 88.9 Å². The summed E-state index contributed by atoms with van der Waals surface area (Å²) in [5.74, 6) is 1.11. The van der Waals surface area contributed by atoms with Crippen LogP contribution in [-0.4, -0.2) is 47.2 Å². The predicted molar refractivity (Wildman–Crippen MR) is 130 cm³/mol. The van der Waals surface area contributed by atoms with E-state index in [2.05, 4.69) is 31.5 Å². The minimum atomic E-state index is -0.140. The molecule has 176 valence electrons. The number of amides is 1. The lowest BCUT2D eigenvalue weighted by atomic mass is 9.96. The lowest BCUT2D eigenvalue weighted by molar-refractivity contribution is -0.123. The molecule has 0 radical (unpaired) electrons. The Balaban J connectivity index is 1.34. The summed E-state index contributed by atoms with van der Waals surface area (Å²) in [6.45, 7) is 1.48. The first-order chi connectivity index (χ1) is 16.7. The zero-order valence-electron chi connectivity index (χ0n) is 19.3. The van der Waals surface area contributed by atoms with Crippen LogP contribution in [0, 0.1) is 0 Å². The number of ether oxygens (including phenoxy) is 2. The van der Waals surface area contributed by atoms with Crippen LogP contribution >= 0.6 is 0 Å². The average Bonchev–Trinajstić information content (AvgIpc) is 2.89.